The smallest absolute Gasteiger partial charge is 0.328 e. The number of anilines is 5. The minimum Gasteiger partial charge on any atom is -0.371 e. The number of nitrogens with zero attached hydrogens (tertiary/aromatic N) is 8. The first-order valence-electron chi connectivity index (χ1n) is 20.7. The van der Waals surface area contributed by atoms with Gasteiger partial charge in [-0.15, -0.1) is 0 Å². The summed E-state index contributed by atoms with van der Waals surface area (Å²) in [5, 5.41) is 13.1. The summed E-state index contributed by atoms with van der Waals surface area (Å²) in [6.07, 6.45) is 7.76. The number of nitrogens with one attached hydrogen (secondary N) is 3. The van der Waals surface area contributed by atoms with Crippen LogP contribution in [-0.4, -0.2) is 94.9 Å². The fraction of sp³-hybridized carbons (Fsp3) is 0.378. The van der Waals surface area contributed by atoms with Crippen LogP contribution in [-0.2, 0) is 11.3 Å². The monoisotopic (exact) mass is 795 g/mol. The zero-order valence-electron chi connectivity index (χ0n) is 34.1. The van der Waals surface area contributed by atoms with Crippen LogP contribution >= 0.6 is 0 Å². The number of benzene rings is 3. The SMILES string of the molecule is Cc1cc(-c2ccnc(Nc3ccc(N4CCN(CC5CCN(c6cccc(N7CCC(=O)NC7=O)c6)CC5)CC4)cc3)n2)ccc1CNC(=O)c1cnn(C(C)C)c1. The van der Waals surface area contributed by atoms with E-state index >= 15 is 0 Å². The number of carbonyl (C=O) groups excluding carboxylic acids is 3. The number of imide groups is 1. The fourth-order valence-corrected chi connectivity index (χ4v) is 8.13. The van der Waals surface area contributed by atoms with E-state index in [4.69, 9.17) is 4.98 Å². The molecule has 14 heteroatoms. The average Bonchev–Trinajstić information content (AvgIpc) is 3.76. The van der Waals surface area contributed by atoms with Crippen molar-refractivity contribution in [2.24, 2.45) is 5.92 Å². The first-order chi connectivity index (χ1) is 28.6. The Morgan fingerprint density at radius 1 is 0.864 bits per heavy atom. The summed E-state index contributed by atoms with van der Waals surface area (Å²) in [5.74, 6) is 0.842. The second kappa shape index (κ2) is 17.7. The highest BCUT2D eigenvalue weighted by molar-refractivity contribution is 6.05. The number of hydrogen-bond acceptors (Lipinski definition) is 10. The van der Waals surface area contributed by atoms with Gasteiger partial charge in [-0.1, -0.05) is 18.2 Å². The predicted octanol–water partition coefficient (Wildman–Crippen LogP) is 6.39. The molecule has 14 nitrogen and oxygen atoms in total. The molecule has 5 aromatic rings. The summed E-state index contributed by atoms with van der Waals surface area (Å²) >= 11 is 0. The van der Waals surface area contributed by atoms with E-state index in [1.807, 2.05) is 51.1 Å². The Kier molecular flexibility index (Phi) is 11.9. The van der Waals surface area contributed by atoms with Crippen LogP contribution in [0.5, 0.6) is 0 Å². The van der Waals surface area contributed by atoms with Crippen LogP contribution in [0.2, 0.25) is 0 Å². The molecular formula is C45H53N11O3. The third kappa shape index (κ3) is 9.55. The van der Waals surface area contributed by atoms with Crippen molar-refractivity contribution in [3.8, 4) is 11.3 Å². The molecule has 0 atom stereocenters. The van der Waals surface area contributed by atoms with Gasteiger partial charge in [-0.2, -0.15) is 5.10 Å². The largest absolute Gasteiger partial charge is 0.371 e. The van der Waals surface area contributed by atoms with Gasteiger partial charge in [0.05, 0.1) is 17.5 Å². The van der Waals surface area contributed by atoms with Gasteiger partial charge in [0.2, 0.25) is 11.9 Å². The summed E-state index contributed by atoms with van der Waals surface area (Å²) in [7, 11) is 0. The highest BCUT2D eigenvalue weighted by atomic mass is 16.2. The van der Waals surface area contributed by atoms with E-state index < -0.39 is 0 Å². The Labute approximate surface area is 345 Å². The maximum atomic E-state index is 12.7. The molecule has 0 bridgehead atoms. The van der Waals surface area contributed by atoms with Crippen LogP contribution in [0.3, 0.4) is 0 Å². The predicted molar refractivity (Wildman–Crippen MR) is 231 cm³/mol. The lowest BCUT2D eigenvalue weighted by molar-refractivity contribution is -0.120. The summed E-state index contributed by atoms with van der Waals surface area (Å²) in [5.41, 5.74) is 8.56. The number of rotatable bonds is 12. The average molecular weight is 796 g/mol. The summed E-state index contributed by atoms with van der Waals surface area (Å²) in [6, 6.07) is 24.6. The standard InChI is InChI=1S/C45H53N11O3/c1-31(2)56-30-36(28-48-56)43(58)47-27-35-8-7-34(25-32(35)3)41-13-17-46-44(50-41)49-37-9-11-38(12-10-37)54-23-21-52(22-24-54)29-33-14-18-53(19-15-33)39-5-4-6-40(26-39)55-20-16-42(57)51-45(55)59/h4-13,17,25-26,28,30-31,33H,14-16,18-24,27,29H2,1-3H3,(H,47,58)(H,46,49,50)(H,51,57,59). The summed E-state index contributed by atoms with van der Waals surface area (Å²) < 4.78 is 1.78. The van der Waals surface area contributed by atoms with Crippen molar-refractivity contribution in [1.29, 1.82) is 0 Å². The van der Waals surface area contributed by atoms with Crippen molar-refractivity contribution in [1.82, 2.24) is 35.3 Å². The molecule has 5 heterocycles. The zero-order chi connectivity index (χ0) is 40.9. The number of piperidine rings is 1. The highest BCUT2D eigenvalue weighted by Gasteiger charge is 2.27. The van der Waals surface area contributed by atoms with E-state index in [0.717, 1.165) is 98.1 Å². The molecule has 0 radical (unpaired) electrons. The van der Waals surface area contributed by atoms with Crippen LogP contribution in [0.1, 0.15) is 60.6 Å². The van der Waals surface area contributed by atoms with Gasteiger partial charge in [0.25, 0.3) is 5.91 Å². The van der Waals surface area contributed by atoms with E-state index in [-0.39, 0.29) is 23.9 Å². The van der Waals surface area contributed by atoms with Gasteiger partial charge in [-0.05, 0) is 105 Å². The van der Waals surface area contributed by atoms with Crippen LogP contribution in [0.15, 0.2) is 91.4 Å². The van der Waals surface area contributed by atoms with Crippen molar-refractivity contribution in [2.75, 3.05) is 72.4 Å². The van der Waals surface area contributed by atoms with Crippen LogP contribution in [0.4, 0.5) is 33.5 Å². The quantitative estimate of drug-likeness (QED) is 0.130. The number of hydrogen-bond donors (Lipinski definition) is 3. The van der Waals surface area contributed by atoms with Gasteiger partial charge in [0.1, 0.15) is 0 Å². The lowest BCUT2D eigenvalue weighted by Crippen LogP contribution is -2.49. The Bertz CT molecular complexity index is 2270. The summed E-state index contributed by atoms with van der Waals surface area (Å²) in [6.45, 7) is 14.1. The molecular weight excluding hydrogens is 743 g/mol. The summed E-state index contributed by atoms with van der Waals surface area (Å²) in [4.78, 5) is 55.1. The minimum absolute atomic E-state index is 0.142. The third-order valence-electron chi connectivity index (χ3n) is 11.7. The molecule has 0 saturated carbocycles. The maximum absolute atomic E-state index is 12.7. The van der Waals surface area contributed by atoms with Gasteiger partial charge in [0, 0.05) is 112 Å². The molecule has 3 aliphatic rings. The number of aryl methyl sites for hydroxylation is 1. The molecule has 8 rings (SSSR count). The first kappa shape index (κ1) is 39.5. The van der Waals surface area contributed by atoms with Crippen LogP contribution < -0.4 is 30.7 Å². The van der Waals surface area contributed by atoms with E-state index in [1.165, 1.54) is 5.69 Å². The van der Waals surface area contributed by atoms with Gasteiger partial charge in [-0.3, -0.25) is 29.4 Å². The second-order valence-corrected chi connectivity index (χ2v) is 16.1. The Balaban J connectivity index is 0.781. The zero-order valence-corrected chi connectivity index (χ0v) is 34.1. The number of amides is 4. The third-order valence-corrected chi connectivity index (χ3v) is 11.7. The molecule has 2 aromatic heterocycles. The highest BCUT2D eigenvalue weighted by Crippen LogP contribution is 2.29. The number of carbonyl (C=O) groups is 3. The molecule has 0 spiro atoms. The van der Waals surface area contributed by atoms with Crippen LogP contribution in [0, 0.1) is 12.8 Å². The van der Waals surface area contributed by atoms with Gasteiger partial charge in [0.15, 0.2) is 0 Å². The minimum atomic E-state index is -0.345. The van der Waals surface area contributed by atoms with Gasteiger partial charge < -0.3 is 20.4 Å². The van der Waals surface area contributed by atoms with E-state index in [1.54, 1.807) is 28.2 Å². The van der Waals surface area contributed by atoms with Crippen LogP contribution in [0.25, 0.3) is 11.3 Å². The molecule has 59 heavy (non-hydrogen) atoms. The number of urea groups is 1. The molecule has 0 unspecified atom stereocenters. The molecule has 3 aromatic carbocycles. The fourth-order valence-electron chi connectivity index (χ4n) is 8.13. The number of aromatic nitrogens is 4. The van der Waals surface area contributed by atoms with E-state index in [0.29, 0.717) is 36.9 Å². The maximum Gasteiger partial charge on any atom is 0.328 e. The molecule has 3 saturated heterocycles. The molecule has 4 amide bonds. The molecule has 306 valence electrons. The first-order valence-corrected chi connectivity index (χ1v) is 20.7. The molecule has 3 N–H and O–H groups in total. The van der Waals surface area contributed by atoms with Crippen molar-refractivity contribution in [3.05, 3.63) is 108 Å². The van der Waals surface area contributed by atoms with Gasteiger partial charge >= 0.3 is 6.03 Å². The molecule has 3 fully saturated rings. The van der Waals surface area contributed by atoms with Crippen molar-refractivity contribution in [2.45, 2.75) is 52.6 Å². The Hall–Kier alpha value is -6.28. The van der Waals surface area contributed by atoms with Crippen molar-refractivity contribution >= 4 is 46.5 Å². The molecule has 3 aliphatic heterocycles. The van der Waals surface area contributed by atoms with E-state index in [2.05, 4.69) is 83.2 Å². The van der Waals surface area contributed by atoms with Crippen molar-refractivity contribution < 1.29 is 14.4 Å². The number of piperazine rings is 1. The lowest BCUT2D eigenvalue weighted by Gasteiger charge is -2.40. The van der Waals surface area contributed by atoms with Gasteiger partial charge in [-0.25, -0.2) is 14.8 Å². The Morgan fingerprint density at radius 3 is 2.36 bits per heavy atom. The topological polar surface area (TPSA) is 144 Å². The normalized spacial score (nSPS) is 16.7. The lowest BCUT2D eigenvalue weighted by atomic mass is 9.95. The second-order valence-electron chi connectivity index (χ2n) is 16.1. The Morgan fingerprint density at radius 2 is 1.63 bits per heavy atom. The van der Waals surface area contributed by atoms with Crippen molar-refractivity contribution in [3.63, 3.8) is 0 Å². The molecule has 0 aliphatic carbocycles. The van der Waals surface area contributed by atoms with E-state index in [9.17, 15) is 14.4 Å².